The molecule has 0 unspecified atom stereocenters. The first kappa shape index (κ1) is 28.3. The number of ether oxygens (including phenoxy) is 2. The highest BCUT2D eigenvalue weighted by Gasteiger charge is 2.16. The van der Waals surface area contributed by atoms with E-state index in [-0.39, 0.29) is 12.6 Å². The summed E-state index contributed by atoms with van der Waals surface area (Å²) in [5.74, 6) is 2.56. The van der Waals surface area contributed by atoms with Gasteiger partial charge < -0.3 is 14.8 Å². The number of thiazole rings is 1. The molecule has 0 atom stereocenters. The van der Waals surface area contributed by atoms with Gasteiger partial charge in [-0.2, -0.15) is 5.26 Å². The summed E-state index contributed by atoms with van der Waals surface area (Å²) in [5, 5.41) is 24.7. The quantitative estimate of drug-likeness (QED) is 0.0786. The van der Waals surface area contributed by atoms with E-state index >= 15 is 0 Å². The summed E-state index contributed by atoms with van der Waals surface area (Å²) >= 11 is 1.41. The van der Waals surface area contributed by atoms with E-state index in [0.29, 0.717) is 22.3 Å². The van der Waals surface area contributed by atoms with Gasteiger partial charge in [0.25, 0.3) is 0 Å². The number of hydrogen-bond donors (Lipinski definition) is 2. The van der Waals surface area contributed by atoms with Crippen molar-refractivity contribution < 1.29 is 9.47 Å². The number of anilines is 2. The first-order valence-corrected chi connectivity index (χ1v) is 14.5. The Labute approximate surface area is 257 Å². The van der Waals surface area contributed by atoms with Gasteiger partial charge in [-0.25, -0.2) is 19.9 Å². The zero-order chi connectivity index (χ0) is 30.5. The van der Waals surface area contributed by atoms with Crippen molar-refractivity contribution >= 4 is 39.8 Å². The standard InChI is InChI=1S/C33H26N8O2S/c1-21-14-24(10-13-30(21)42-26-11-8-22(2)36-16-26)39-32-27-15-23(9-12-28(27)37-20-38-32)29-18-44-31(40-29)17-41(19-34)33(35)43-25-6-4-3-5-7-25/h3-16,18,20,35H,17H2,1-2H3,(H,37,38,39). The molecule has 0 fully saturated rings. The fraction of sp³-hybridized carbons (Fsp3) is 0.0909. The van der Waals surface area contributed by atoms with Crippen LogP contribution in [0.2, 0.25) is 0 Å². The number of amidine groups is 1. The first-order valence-electron chi connectivity index (χ1n) is 13.6. The highest BCUT2D eigenvalue weighted by atomic mass is 32.1. The Morgan fingerprint density at radius 3 is 2.61 bits per heavy atom. The van der Waals surface area contributed by atoms with E-state index in [9.17, 15) is 5.26 Å². The average molecular weight is 599 g/mol. The van der Waals surface area contributed by atoms with Crippen molar-refractivity contribution in [2.75, 3.05) is 5.32 Å². The van der Waals surface area contributed by atoms with Gasteiger partial charge in [0, 0.05) is 27.7 Å². The molecule has 3 aromatic carbocycles. The second-order valence-electron chi connectivity index (χ2n) is 9.83. The number of aryl methyl sites for hydroxylation is 2. The number of aromatic nitrogens is 4. The maximum absolute atomic E-state index is 9.64. The largest absolute Gasteiger partial charge is 0.455 e. The summed E-state index contributed by atoms with van der Waals surface area (Å²) in [4.78, 5) is 19.1. The van der Waals surface area contributed by atoms with Gasteiger partial charge in [-0.15, -0.1) is 11.3 Å². The summed E-state index contributed by atoms with van der Waals surface area (Å²) in [6.07, 6.45) is 5.25. The van der Waals surface area contributed by atoms with Crippen LogP contribution in [0.25, 0.3) is 22.2 Å². The molecule has 216 valence electrons. The van der Waals surface area contributed by atoms with Crippen LogP contribution in [-0.4, -0.2) is 30.9 Å². The second-order valence-corrected chi connectivity index (χ2v) is 10.8. The number of rotatable bonds is 8. The van der Waals surface area contributed by atoms with Crippen molar-refractivity contribution in [3.63, 3.8) is 0 Å². The fourth-order valence-electron chi connectivity index (χ4n) is 4.39. The predicted molar refractivity (Wildman–Crippen MR) is 170 cm³/mol. The van der Waals surface area contributed by atoms with Crippen LogP contribution in [0.15, 0.2) is 96.8 Å². The van der Waals surface area contributed by atoms with Crippen LogP contribution >= 0.6 is 11.3 Å². The van der Waals surface area contributed by atoms with Crippen LogP contribution in [0.5, 0.6) is 17.2 Å². The molecule has 11 heteroatoms. The van der Waals surface area contributed by atoms with Crippen molar-refractivity contribution in [1.82, 2.24) is 24.8 Å². The van der Waals surface area contributed by atoms with Gasteiger partial charge in [0.2, 0.25) is 0 Å². The van der Waals surface area contributed by atoms with Gasteiger partial charge in [-0.1, -0.05) is 24.3 Å². The van der Waals surface area contributed by atoms with Gasteiger partial charge in [0.05, 0.1) is 24.0 Å². The SMILES string of the molecule is Cc1ccc(Oc2ccc(Nc3ncnc4ccc(-c5csc(CN(C#N)C(=N)Oc6ccccc6)n5)cc34)cc2C)cn1. The molecule has 0 spiro atoms. The second kappa shape index (κ2) is 12.6. The number of fused-ring (bicyclic) bond motifs is 1. The predicted octanol–water partition coefficient (Wildman–Crippen LogP) is 7.60. The molecule has 3 heterocycles. The third-order valence-corrected chi connectivity index (χ3v) is 7.48. The van der Waals surface area contributed by atoms with Gasteiger partial charge >= 0.3 is 6.02 Å². The summed E-state index contributed by atoms with van der Waals surface area (Å²) in [6.45, 7) is 4.04. The molecule has 44 heavy (non-hydrogen) atoms. The molecule has 2 N–H and O–H groups in total. The molecule has 0 radical (unpaired) electrons. The molecule has 3 aromatic heterocycles. The highest BCUT2D eigenvalue weighted by molar-refractivity contribution is 7.09. The molecule has 0 bridgehead atoms. The Morgan fingerprint density at radius 1 is 0.977 bits per heavy atom. The molecule has 0 aliphatic carbocycles. The fourth-order valence-corrected chi connectivity index (χ4v) is 5.19. The monoisotopic (exact) mass is 598 g/mol. The Hall–Kier alpha value is -5.86. The average Bonchev–Trinajstić information content (AvgIpc) is 3.51. The lowest BCUT2D eigenvalue weighted by Crippen LogP contribution is -2.29. The van der Waals surface area contributed by atoms with Crippen LogP contribution in [0.3, 0.4) is 0 Å². The minimum absolute atomic E-state index is 0.121. The number of pyridine rings is 1. The van der Waals surface area contributed by atoms with Crippen molar-refractivity contribution in [3.05, 3.63) is 113 Å². The molecule has 0 aliphatic rings. The van der Waals surface area contributed by atoms with E-state index in [1.54, 1.807) is 30.5 Å². The van der Waals surface area contributed by atoms with Gasteiger partial charge in [0.1, 0.15) is 34.4 Å². The lowest BCUT2D eigenvalue weighted by atomic mass is 10.1. The van der Waals surface area contributed by atoms with Crippen molar-refractivity contribution in [1.29, 1.82) is 10.7 Å². The van der Waals surface area contributed by atoms with E-state index in [1.807, 2.05) is 80.0 Å². The van der Waals surface area contributed by atoms with E-state index in [4.69, 9.17) is 19.9 Å². The zero-order valence-electron chi connectivity index (χ0n) is 23.9. The van der Waals surface area contributed by atoms with Gasteiger partial charge in [-0.3, -0.25) is 10.4 Å². The smallest absolute Gasteiger partial charge is 0.303 e. The summed E-state index contributed by atoms with van der Waals surface area (Å²) < 4.78 is 11.5. The molecule has 0 saturated carbocycles. The molecule has 10 nitrogen and oxygen atoms in total. The Bertz CT molecular complexity index is 1990. The van der Waals surface area contributed by atoms with Gasteiger partial charge in [-0.05, 0) is 74.0 Å². The molecule has 0 amide bonds. The maximum Gasteiger partial charge on any atom is 0.303 e. The van der Waals surface area contributed by atoms with E-state index < -0.39 is 0 Å². The van der Waals surface area contributed by atoms with Crippen LogP contribution in [0.1, 0.15) is 16.3 Å². The van der Waals surface area contributed by atoms with E-state index in [0.717, 1.165) is 49.8 Å². The van der Waals surface area contributed by atoms with Crippen molar-refractivity contribution in [3.8, 4) is 34.7 Å². The number of para-hydroxylation sites is 1. The number of benzene rings is 3. The zero-order valence-corrected chi connectivity index (χ0v) is 24.7. The molecule has 6 rings (SSSR count). The first-order chi connectivity index (χ1) is 21.4. The number of nitrogens with one attached hydrogen (secondary N) is 2. The van der Waals surface area contributed by atoms with Crippen molar-refractivity contribution in [2.45, 2.75) is 20.4 Å². The molecule has 0 aliphatic heterocycles. The van der Waals surface area contributed by atoms with E-state index in [1.165, 1.54) is 17.7 Å². The maximum atomic E-state index is 9.64. The lowest BCUT2D eigenvalue weighted by molar-refractivity contribution is 0.412. The topological polar surface area (TPSA) is 133 Å². The molecular weight excluding hydrogens is 572 g/mol. The highest BCUT2D eigenvalue weighted by Crippen LogP contribution is 2.32. The van der Waals surface area contributed by atoms with E-state index in [2.05, 4.69) is 20.3 Å². The Kier molecular flexibility index (Phi) is 8.07. The number of nitriles is 1. The minimum atomic E-state index is -0.268. The van der Waals surface area contributed by atoms with Crippen LogP contribution in [0, 0.1) is 30.7 Å². The molecule has 6 aromatic rings. The number of hydrogen-bond acceptors (Lipinski definition) is 10. The van der Waals surface area contributed by atoms with Gasteiger partial charge in [0.15, 0.2) is 6.19 Å². The third kappa shape index (κ3) is 6.46. The summed E-state index contributed by atoms with van der Waals surface area (Å²) in [5.41, 5.74) is 5.16. The summed E-state index contributed by atoms with van der Waals surface area (Å²) in [7, 11) is 0. The van der Waals surface area contributed by atoms with Crippen LogP contribution in [-0.2, 0) is 6.54 Å². The summed E-state index contributed by atoms with van der Waals surface area (Å²) in [6, 6.07) is 24.2. The number of nitrogens with zero attached hydrogens (tertiary/aromatic N) is 6. The van der Waals surface area contributed by atoms with Crippen LogP contribution in [0.4, 0.5) is 11.5 Å². The Morgan fingerprint density at radius 2 is 1.84 bits per heavy atom. The van der Waals surface area contributed by atoms with Crippen molar-refractivity contribution in [2.24, 2.45) is 0 Å². The minimum Gasteiger partial charge on any atom is -0.455 e. The molecule has 0 saturated heterocycles. The Balaban J connectivity index is 1.19. The van der Waals surface area contributed by atoms with Crippen LogP contribution < -0.4 is 14.8 Å². The molecular formula is C33H26N8O2S. The normalized spacial score (nSPS) is 10.7. The third-order valence-electron chi connectivity index (χ3n) is 6.65. The lowest BCUT2D eigenvalue weighted by Gasteiger charge is -2.15.